The second kappa shape index (κ2) is 8.57. The van der Waals surface area contributed by atoms with Crippen LogP contribution < -0.4 is 5.32 Å². The summed E-state index contributed by atoms with van der Waals surface area (Å²) in [5.41, 5.74) is 2.86. The predicted molar refractivity (Wildman–Crippen MR) is 126 cm³/mol. The molecule has 1 aliphatic rings. The number of amides is 1. The van der Waals surface area contributed by atoms with Gasteiger partial charge in [0.25, 0.3) is 0 Å². The normalized spacial score (nSPS) is 15.5. The third-order valence-corrected chi connectivity index (χ3v) is 6.37. The fourth-order valence-corrected chi connectivity index (χ4v) is 4.31. The SMILES string of the molecule is CC(C)(C)c1ccc(O)c(C(C(=O)NC2CCCC2)c2cc(C(C)(C)C)ccc2O)c1. The average molecular weight is 424 g/mol. The Morgan fingerprint density at radius 2 is 1.26 bits per heavy atom. The van der Waals surface area contributed by atoms with E-state index < -0.39 is 5.92 Å². The largest absolute Gasteiger partial charge is 0.508 e. The van der Waals surface area contributed by atoms with Gasteiger partial charge in [0.2, 0.25) is 5.91 Å². The third kappa shape index (κ3) is 5.23. The van der Waals surface area contributed by atoms with Crippen LogP contribution in [0.4, 0.5) is 0 Å². The Balaban J connectivity index is 2.16. The molecule has 0 unspecified atom stereocenters. The van der Waals surface area contributed by atoms with Gasteiger partial charge < -0.3 is 15.5 Å². The van der Waals surface area contributed by atoms with E-state index in [0.29, 0.717) is 11.1 Å². The summed E-state index contributed by atoms with van der Waals surface area (Å²) in [4.78, 5) is 13.6. The second-order valence-electron chi connectivity index (χ2n) is 11.0. The van der Waals surface area contributed by atoms with Gasteiger partial charge in [-0.05, 0) is 46.9 Å². The van der Waals surface area contributed by atoms with E-state index in [1.807, 2.05) is 24.3 Å². The number of phenols is 2. The lowest BCUT2D eigenvalue weighted by molar-refractivity contribution is -0.122. The minimum absolute atomic E-state index is 0.0696. The van der Waals surface area contributed by atoms with E-state index in [1.165, 1.54) is 0 Å². The summed E-state index contributed by atoms with van der Waals surface area (Å²) in [6.45, 7) is 12.6. The molecule has 0 saturated heterocycles. The number of phenolic OH excluding ortho intramolecular Hbond substituents is 2. The number of nitrogens with one attached hydrogen (secondary N) is 1. The highest BCUT2D eigenvalue weighted by molar-refractivity contribution is 5.89. The van der Waals surface area contributed by atoms with E-state index in [0.717, 1.165) is 36.8 Å². The maximum Gasteiger partial charge on any atom is 0.232 e. The van der Waals surface area contributed by atoms with Crippen molar-refractivity contribution in [2.75, 3.05) is 0 Å². The number of aromatic hydroxyl groups is 2. The van der Waals surface area contributed by atoms with Crippen molar-refractivity contribution in [2.24, 2.45) is 0 Å². The van der Waals surface area contributed by atoms with E-state index in [2.05, 4.69) is 46.9 Å². The maximum absolute atomic E-state index is 13.6. The molecule has 4 heteroatoms. The number of hydrogen-bond donors (Lipinski definition) is 3. The van der Waals surface area contributed by atoms with Crippen LogP contribution in [-0.2, 0) is 15.6 Å². The van der Waals surface area contributed by atoms with E-state index in [-0.39, 0.29) is 34.3 Å². The first kappa shape index (κ1) is 23.2. The number of carbonyl (C=O) groups excluding carboxylic acids is 1. The van der Waals surface area contributed by atoms with Gasteiger partial charge in [-0.1, -0.05) is 78.6 Å². The van der Waals surface area contributed by atoms with Gasteiger partial charge in [-0.15, -0.1) is 0 Å². The monoisotopic (exact) mass is 423 g/mol. The highest BCUT2D eigenvalue weighted by Crippen LogP contribution is 2.40. The van der Waals surface area contributed by atoms with Gasteiger partial charge in [0.05, 0.1) is 5.92 Å². The maximum atomic E-state index is 13.6. The molecule has 1 aliphatic carbocycles. The minimum atomic E-state index is -0.787. The van der Waals surface area contributed by atoms with E-state index >= 15 is 0 Å². The van der Waals surface area contributed by atoms with Crippen molar-refractivity contribution in [3.8, 4) is 11.5 Å². The predicted octanol–water partition coefficient (Wildman–Crippen LogP) is 5.88. The molecule has 31 heavy (non-hydrogen) atoms. The van der Waals surface area contributed by atoms with E-state index in [9.17, 15) is 15.0 Å². The molecule has 4 nitrogen and oxygen atoms in total. The molecular formula is C27H37NO3. The summed E-state index contributed by atoms with van der Waals surface area (Å²) in [7, 11) is 0. The summed E-state index contributed by atoms with van der Waals surface area (Å²) in [5, 5.41) is 24.8. The molecule has 0 bridgehead atoms. The lowest BCUT2D eigenvalue weighted by atomic mass is 9.80. The van der Waals surface area contributed by atoms with Crippen LogP contribution in [0, 0.1) is 0 Å². The van der Waals surface area contributed by atoms with Crippen LogP contribution in [0.15, 0.2) is 36.4 Å². The van der Waals surface area contributed by atoms with Gasteiger partial charge in [0.1, 0.15) is 11.5 Å². The van der Waals surface area contributed by atoms with Gasteiger partial charge in [-0.2, -0.15) is 0 Å². The van der Waals surface area contributed by atoms with Crippen molar-refractivity contribution in [2.45, 2.75) is 90.0 Å². The van der Waals surface area contributed by atoms with Gasteiger partial charge in [0, 0.05) is 17.2 Å². The molecule has 168 valence electrons. The average Bonchev–Trinajstić information content (AvgIpc) is 3.16. The van der Waals surface area contributed by atoms with Crippen molar-refractivity contribution in [1.29, 1.82) is 0 Å². The number of carbonyl (C=O) groups is 1. The second-order valence-corrected chi connectivity index (χ2v) is 11.0. The summed E-state index contributed by atoms with van der Waals surface area (Å²) in [6.07, 6.45) is 4.18. The molecular weight excluding hydrogens is 386 g/mol. The first-order chi connectivity index (χ1) is 14.4. The Hall–Kier alpha value is -2.49. The lowest BCUT2D eigenvalue weighted by Gasteiger charge is -2.27. The van der Waals surface area contributed by atoms with Crippen LogP contribution in [-0.4, -0.2) is 22.2 Å². The summed E-state index contributed by atoms with van der Waals surface area (Å²) in [5.74, 6) is -0.819. The van der Waals surface area contributed by atoms with Crippen LogP contribution >= 0.6 is 0 Å². The zero-order valence-corrected chi connectivity index (χ0v) is 19.7. The van der Waals surface area contributed by atoms with Gasteiger partial charge in [0.15, 0.2) is 0 Å². The fraction of sp³-hybridized carbons (Fsp3) is 0.519. The first-order valence-electron chi connectivity index (χ1n) is 11.3. The van der Waals surface area contributed by atoms with Crippen LogP contribution in [0.1, 0.15) is 95.4 Å². The molecule has 2 aromatic carbocycles. The van der Waals surface area contributed by atoms with E-state index in [4.69, 9.17) is 0 Å². The molecule has 0 aliphatic heterocycles. The molecule has 1 saturated carbocycles. The summed E-state index contributed by atoms with van der Waals surface area (Å²) in [6, 6.07) is 11.1. The molecule has 1 amide bonds. The summed E-state index contributed by atoms with van der Waals surface area (Å²) >= 11 is 0. The molecule has 0 aromatic heterocycles. The number of benzene rings is 2. The summed E-state index contributed by atoms with van der Waals surface area (Å²) < 4.78 is 0. The van der Waals surface area contributed by atoms with Crippen LogP contribution in [0.2, 0.25) is 0 Å². The van der Waals surface area contributed by atoms with Gasteiger partial charge in [-0.25, -0.2) is 0 Å². The smallest absolute Gasteiger partial charge is 0.232 e. The van der Waals surface area contributed by atoms with Crippen molar-refractivity contribution in [1.82, 2.24) is 5.32 Å². The van der Waals surface area contributed by atoms with Crippen LogP contribution in [0.3, 0.4) is 0 Å². The van der Waals surface area contributed by atoms with Gasteiger partial charge >= 0.3 is 0 Å². The Labute approximate surface area is 186 Å². The molecule has 0 atom stereocenters. The Morgan fingerprint density at radius 1 is 0.839 bits per heavy atom. The zero-order chi connectivity index (χ0) is 23.0. The van der Waals surface area contributed by atoms with Crippen molar-refractivity contribution < 1.29 is 15.0 Å². The Morgan fingerprint density at radius 3 is 1.65 bits per heavy atom. The molecule has 0 spiro atoms. The zero-order valence-electron chi connectivity index (χ0n) is 19.7. The van der Waals surface area contributed by atoms with Crippen molar-refractivity contribution in [3.05, 3.63) is 58.7 Å². The fourth-order valence-electron chi connectivity index (χ4n) is 4.31. The van der Waals surface area contributed by atoms with Crippen LogP contribution in [0.5, 0.6) is 11.5 Å². The number of hydrogen-bond acceptors (Lipinski definition) is 3. The molecule has 3 rings (SSSR count). The Kier molecular flexibility index (Phi) is 6.40. The molecule has 1 fully saturated rings. The van der Waals surface area contributed by atoms with E-state index in [1.54, 1.807) is 12.1 Å². The van der Waals surface area contributed by atoms with Gasteiger partial charge in [-0.3, -0.25) is 4.79 Å². The number of rotatable bonds is 4. The highest BCUT2D eigenvalue weighted by Gasteiger charge is 2.32. The quantitative estimate of drug-likeness (QED) is 0.575. The Bertz CT molecular complexity index is 880. The van der Waals surface area contributed by atoms with Crippen molar-refractivity contribution in [3.63, 3.8) is 0 Å². The van der Waals surface area contributed by atoms with Crippen LogP contribution in [0.25, 0.3) is 0 Å². The molecule has 3 N–H and O–H groups in total. The standard InChI is InChI=1S/C27H37NO3/c1-26(2,3)17-11-13-22(29)20(15-17)24(25(31)28-19-9-7-8-10-19)21-16-18(27(4,5)6)12-14-23(21)30/h11-16,19,24,29-30H,7-10H2,1-6H3,(H,28,31). The minimum Gasteiger partial charge on any atom is -0.508 e. The lowest BCUT2D eigenvalue weighted by Crippen LogP contribution is -2.37. The topological polar surface area (TPSA) is 69.6 Å². The van der Waals surface area contributed by atoms with Crippen molar-refractivity contribution >= 4 is 5.91 Å². The molecule has 2 aromatic rings. The first-order valence-corrected chi connectivity index (χ1v) is 11.3. The highest BCUT2D eigenvalue weighted by atomic mass is 16.3. The third-order valence-electron chi connectivity index (χ3n) is 6.37. The molecule has 0 heterocycles. The molecule has 0 radical (unpaired) electrons.